The summed E-state index contributed by atoms with van der Waals surface area (Å²) < 4.78 is 0. The normalized spacial score (nSPS) is 16.9. The van der Waals surface area contributed by atoms with Crippen molar-refractivity contribution in [3.63, 3.8) is 0 Å². The molecule has 4 rings (SSSR count). The van der Waals surface area contributed by atoms with Gasteiger partial charge in [-0.3, -0.25) is 14.7 Å². The largest absolute Gasteiger partial charge is 0.395 e. The van der Waals surface area contributed by atoms with E-state index in [9.17, 15) is 4.79 Å². The van der Waals surface area contributed by atoms with Crippen LogP contribution in [-0.4, -0.2) is 39.9 Å². The maximum Gasteiger partial charge on any atom is 0.274 e. The molecule has 1 aliphatic heterocycles. The Kier molecular flexibility index (Phi) is 5.11. The fourth-order valence-corrected chi connectivity index (χ4v) is 4.59. The van der Waals surface area contributed by atoms with Crippen LogP contribution in [0.1, 0.15) is 35.5 Å². The summed E-state index contributed by atoms with van der Waals surface area (Å²) in [6.45, 7) is 4.83. The second kappa shape index (κ2) is 7.69. The number of aromatic nitrogens is 1. The molecule has 7 heteroatoms. The van der Waals surface area contributed by atoms with Crippen LogP contribution in [0.25, 0.3) is 10.2 Å². The van der Waals surface area contributed by atoms with Crippen molar-refractivity contribution in [3.05, 3.63) is 58.3 Å². The van der Waals surface area contributed by atoms with Gasteiger partial charge in [-0.25, -0.2) is 4.98 Å². The number of fused-ring (bicyclic) bond motifs is 3. The standard InChI is InChI=1S/C21H22N4O2S/c1-13-4-3-5-15(7-6-13)25-14(2)24-12-16-18-17(22-10-11-26)8-9-23-20(18)28-19(16)21(25)27/h3-4,6-9,26H,5,10-12H2,1-2H3,(H,22,23). The molecule has 0 saturated heterocycles. The predicted octanol–water partition coefficient (Wildman–Crippen LogP) is 3.86. The highest BCUT2D eigenvalue weighted by molar-refractivity contribution is 7.20. The molecule has 0 atom stereocenters. The van der Waals surface area contributed by atoms with Crippen LogP contribution < -0.4 is 5.32 Å². The molecule has 0 bridgehead atoms. The van der Waals surface area contributed by atoms with E-state index in [0.29, 0.717) is 30.2 Å². The van der Waals surface area contributed by atoms with Crippen molar-refractivity contribution in [1.29, 1.82) is 0 Å². The number of carbonyl (C=O) groups excluding carboxylic acids is 1. The number of aliphatic imine (C=N–C) groups is 1. The summed E-state index contributed by atoms with van der Waals surface area (Å²) in [6.07, 6.45) is 10.5. The number of carbonyl (C=O) groups is 1. The van der Waals surface area contributed by atoms with Crippen molar-refractivity contribution in [1.82, 2.24) is 9.88 Å². The van der Waals surface area contributed by atoms with E-state index in [0.717, 1.165) is 32.7 Å². The first-order valence-corrected chi connectivity index (χ1v) is 10.1. The number of amidine groups is 1. The van der Waals surface area contributed by atoms with E-state index in [-0.39, 0.29) is 12.5 Å². The van der Waals surface area contributed by atoms with Crippen LogP contribution in [0.3, 0.4) is 0 Å². The summed E-state index contributed by atoms with van der Waals surface area (Å²) in [5.41, 5.74) is 3.84. The topological polar surface area (TPSA) is 77.8 Å². The number of hydrogen-bond donors (Lipinski definition) is 2. The molecular weight excluding hydrogens is 372 g/mol. The Morgan fingerprint density at radius 1 is 1.32 bits per heavy atom. The molecule has 144 valence electrons. The smallest absolute Gasteiger partial charge is 0.274 e. The van der Waals surface area contributed by atoms with Crippen LogP contribution in [-0.2, 0) is 6.54 Å². The maximum atomic E-state index is 13.5. The quantitative estimate of drug-likeness (QED) is 0.825. The van der Waals surface area contributed by atoms with Gasteiger partial charge in [-0.2, -0.15) is 0 Å². The third-order valence-corrected chi connectivity index (χ3v) is 5.97. The number of hydrogen-bond acceptors (Lipinski definition) is 6. The van der Waals surface area contributed by atoms with Crippen molar-refractivity contribution < 1.29 is 9.90 Å². The molecule has 0 aromatic carbocycles. The van der Waals surface area contributed by atoms with Crippen LogP contribution >= 0.6 is 11.3 Å². The van der Waals surface area contributed by atoms with Crippen molar-refractivity contribution in [2.24, 2.45) is 4.99 Å². The SMILES string of the molecule is CC1=CC=C(N2C(=O)c3sc4nccc(NCCO)c4c3CN=C2C)CC=C1. The van der Waals surface area contributed by atoms with Crippen molar-refractivity contribution >= 4 is 39.0 Å². The van der Waals surface area contributed by atoms with Gasteiger partial charge in [0.2, 0.25) is 0 Å². The Morgan fingerprint density at radius 3 is 3.00 bits per heavy atom. The van der Waals surface area contributed by atoms with Gasteiger partial charge in [0, 0.05) is 41.5 Å². The zero-order valence-corrected chi connectivity index (χ0v) is 16.7. The highest BCUT2D eigenvalue weighted by Gasteiger charge is 2.30. The van der Waals surface area contributed by atoms with E-state index in [1.54, 1.807) is 11.1 Å². The lowest BCUT2D eigenvalue weighted by Crippen LogP contribution is -2.33. The molecule has 0 saturated carbocycles. The summed E-state index contributed by atoms with van der Waals surface area (Å²) in [5.74, 6) is 0.639. The lowest BCUT2D eigenvalue weighted by atomic mass is 10.1. The Bertz CT molecular complexity index is 1060. The molecule has 2 aromatic rings. The van der Waals surface area contributed by atoms with Gasteiger partial charge >= 0.3 is 0 Å². The van der Waals surface area contributed by atoms with Gasteiger partial charge < -0.3 is 10.4 Å². The van der Waals surface area contributed by atoms with Crippen LogP contribution in [0.15, 0.2) is 52.8 Å². The number of amides is 1. The minimum Gasteiger partial charge on any atom is -0.395 e. The van der Waals surface area contributed by atoms with Crippen LogP contribution in [0.4, 0.5) is 5.69 Å². The van der Waals surface area contributed by atoms with Gasteiger partial charge in [0.25, 0.3) is 5.91 Å². The van der Waals surface area contributed by atoms with E-state index in [4.69, 9.17) is 10.1 Å². The Balaban J connectivity index is 1.82. The van der Waals surface area contributed by atoms with E-state index < -0.39 is 0 Å². The Labute approximate surface area is 167 Å². The number of thiophene rings is 1. The average molecular weight is 395 g/mol. The van der Waals surface area contributed by atoms with Crippen LogP contribution in [0.2, 0.25) is 0 Å². The van der Waals surface area contributed by atoms with E-state index >= 15 is 0 Å². The molecule has 1 aliphatic carbocycles. The van der Waals surface area contributed by atoms with Crippen molar-refractivity contribution in [2.45, 2.75) is 26.8 Å². The average Bonchev–Trinajstić information content (AvgIpc) is 2.87. The Morgan fingerprint density at radius 2 is 2.18 bits per heavy atom. The van der Waals surface area contributed by atoms with Crippen molar-refractivity contribution in [3.8, 4) is 0 Å². The first kappa shape index (κ1) is 18.6. The van der Waals surface area contributed by atoms with Crippen LogP contribution in [0.5, 0.6) is 0 Å². The minimum atomic E-state index is -0.0579. The fourth-order valence-electron chi connectivity index (χ4n) is 3.48. The number of anilines is 1. The molecule has 2 N–H and O–H groups in total. The van der Waals surface area contributed by atoms with Gasteiger partial charge in [0.1, 0.15) is 15.5 Å². The highest BCUT2D eigenvalue weighted by atomic mass is 32.1. The third-order valence-electron chi connectivity index (χ3n) is 4.84. The molecule has 0 spiro atoms. The van der Waals surface area contributed by atoms with Gasteiger partial charge in [-0.05, 0) is 26.0 Å². The van der Waals surface area contributed by atoms with Crippen molar-refractivity contribution in [2.75, 3.05) is 18.5 Å². The number of aliphatic hydroxyl groups is 1. The highest BCUT2D eigenvalue weighted by Crippen LogP contribution is 2.38. The molecule has 0 fully saturated rings. The Hall–Kier alpha value is -2.77. The molecule has 1 amide bonds. The molecular formula is C21H22N4O2S. The van der Waals surface area contributed by atoms with Gasteiger partial charge in [-0.15, -0.1) is 11.3 Å². The summed E-state index contributed by atoms with van der Waals surface area (Å²) in [6, 6.07) is 1.88. The molecule has 2 aromatic heterocycles. The molecule has 2 aliphatic rings. The van der Waals surface area contributed by atoms with Gasteiger partial charge in [-0.1, -0.05) is 23.8 Å². The molecule has 0 radical (unpaired) electrons. The number of rotatable bonds is 4. The number of allylic oxidation sites excluding steroid dienone is 5. The van der Waals surface area contributed by atoms with Gasteiger partial charge in [0.05, 0.1) is 13.2 Å². The molecule has 6 nitrogen and oxygen atoms in total. The monoisotopic (exact) mass is 394 g/mol. The molecule has 28 heavy (non-hydrogen) atoms. The van der Waals surface area contributed by atoms with E-state index in [2.05, 4.69) is 22.5 Å². The second-order valence-electron chi connectivity index (χ2n) is 6.78. The van der Waals surface area contributed by atoms with E-state index in [1.807, 2.05) is 32.1 Å². The lowest BCUT2D eigenvalue weighted by Gasteiger charge is -2.22. The summed E-state index contributed by atoms with van der Waals surface area (Å²) in [5, 5.41) is 13.3. The third kappa shape index (κ3) is 3.27. The minimum absolute atomic E-state index is 0.0364. The second-order valence-corrected chi connectivity index (χ2v) is 7.78. The zero-order valence-electron chi connectivity index (χ0n) is 15.9. The summed E-state index contributed by atoms with van der Waals surface area (Å²) >= 11 is 1.41. The van der Waals surface area contributed by atoms with E-state index in [1.165, 1.54) is 11.3 Å². The summed E-state index contributed by atoms with van der Waals surface area (Å²) in [4.78, 5) is 25.9. The maximum absolute atomic E-state index is 13.5. The lowest BCUT2D eigenvalue weighted by molar-refractivity contribution is 0.0880. The fraction of sp³-hybridized carbons (Fsp3) is 0.286. The number of nitrogens with one attached hydrogen (secondary N) is 1. The summed E-state index contributed by atoms with van der Waals surface area (Å²) in [7, 11) is 0. The number of nitrogens with zero attached hydrogens (tertiary/aromatic N) is 3. The molecule has 3 heterocycles. The van der Waals surface area contributed by atoms with Crippen LogP contribution in [0, 0.1) is 0 Å². The first-order chi connectivity index (χ1) is 13.6. The number of aliphatic hydroxyl groups excluding tert-OH is 1. The van der Waals surface area contributed by atoms with Gasteiger partial charge in [0.15, 0.2) is 0 Å². The zero-order chi connectivity index (χ0) is 19.7. The number of pyridine rings is 1. The predicted molar refractivity (Wildman–Crippen MR) is 114 cm³/mol. The first-order valence-electron chi connectivity index (χ1n) is 9.24. The molecule has 0 unspecified atom stereocenters.